The zero-order chi connectivity index (χ0) is 17.9. The Bertz CT molecular complexity index is 789. The number of amides is 1. The topological polar surface area (TPSA) is 55.4 Å². The maximum Gasteiger partial charge on any atom is 0.340 e. The second-order valence-corrected chi connectivity index (χ2v) is 7.40. The predicted octanol–water partition coefficient (Wildman–Crippen LogP) is 5.62. The first-order valence-corrected chi connectivity index (χ1v) is 9.00. The highest BCUT2D eigenvalue weighted by atomic mass is 79.9. The lowest BCUT2D eigenvalue weighted by molar-refractivity contribution is -0.119. The second kappa shape index (κ2) is 8.34. The Balaban J connectivity index is 2.00. The van der Waals surface area contributed by atoms with Gasteiger partial charge in [-0.3, -0.25) is 4.79 Å². The summed E-state index contributed by atoms with van der Waals surface area (Å²) in [4.78, 5) is 24.0. The van der Waals surface area contributed by atoms with Gasteiger partial charge < -0.3 is 10.1 Å². The van der Waals surface area contributed by atoms with Gasteiger partial charge in [0, 0.05) is 14.0 Å². The standard InChI is InChI=1S/C16H11Br2Cl2NO3/c1-8-4-11(17)15(12(18)5-8)21-14(22)7-24-16(23)10-3-2-9(19)6-13(10)20/h2-6H,7H2,1H3,(H,21,22). The van der Waals surface area contributed by atoms with Gasteiger partial charge in [0.2, 0.25) is 0 Å². The number of hydrogen-bond acceptors (Lipinski definition) is 3. The van der Waals surface area contributed by atoms with Crippen LogP contribution < -0.4 is 5.32 Å². The number of anilines is 1. The SMILES string of the molecule is Cc1cc(Br)c(NC(=O)COC(=O)c2ccc(Cl)cc2Cl)c(Br)c1. The van der Waals surface area contributed by atoms with E-state index in [0.29, 0.717) is 10.7 Å². The summed E-state index contributed by atoms with van der Waals surface area (Å²) in [6, 6.07) is 8.11. The minimum absolute atomic E-state index is 0.145. The highest BCUT2D eigenvalue weighted by Crippen LogP contribution is 2.32. The Morgan fingerprint density at radius 1 is 1.12 bits per heavy atom. The van der Waals surface area contributed by atoms with Gasteiger partial charge in [0.25, 0.3) is 5.91 Å². The molecule has 126 valence electrons. The number of ether oxygens (including phenoxy) is 1. The minimum Gasteiger partial charge on any atom is -0.452 e. The number of carbonyl (C=O) groups excluding carboxylic acids is 2. The molecule has 0 aliphatic carbocycles. The summed E-state index contributed by atoms with van der Waals surface area (Å²) in [6.07, 6.45) is 0. The fourth-order valence-electron chi connectivity index (χ4n) is 1.86. The third-order valence-electron chi connectivity index (χ3n) is 2.94. The van der Waals surface area contributed by atoms with Crippen molar-refractivity contribution in [3.05, 3.63) is 60.4 Å². The molecule has 0 bridgehead atoms. The molecular weight excluding hydrogens is 485 g/mol. The first-order valence-electron chi connectivity index (χ1n) is 6.65. The average Bonchev–Trinajstić information content (AvgIpc) is 2.48. The van der Waals surface area contributed by atoms with Crippen LogP contribution in [-0.2, 0) is 9.53 Å². The van der Waals surface area contributed by atoms with Crippen molar-refractivity contribution in [3.8, 4) is 0 Å². The van der Waals surface area contributed by atoms with Gasteiger partial charge in [-0.05, 0) is 74.7 Å². The molecule has 2 aromatic rings. The van der Waals surface area contributed by atoms with Crippen molar-refractivity contribution in [2.45, 2.75) is 6.92 Å². The van der Waals surface area contributed by atoms with Gasteiger partial charge in [-0.1, -0.05) is 23.2 Å². The summed E-state index contributed by atoms with van der Waals surface area (Å²) in [7, 11) is 0. The summed E-state index contributed by atoms with van der Waals surface area (Å²) in [6.45, 7) is 1.49. The maximum atomic E-state index is 12.0. The van der Waals surface area contributed by atoms with Crippen LogP contribution in [0.2, 0.25) is 10.0 Å². The summed E-state index contributed by atoms with van der Waals surface area (Å²) in [5.41, 5.74) is 1.73. The Morgan fingerprint density at radius 2 is 1.75 bits per heavy atom. The van der Waals surface area contributed by atoms with Crippen LogP contribution in [0.3, 0.4) is 0 Å². The van der Waals surface area contributed by atoms with Crippen molar-refractivity contribution < 1.29 is 14.3 Å². The Labute approximate surface area is 165 Å². The highest BCUT2D eigenvalue weighted by molar-refractivity contribution is 9.11. The molecule has 0 aromatic heterocycles. The maximum absolute atomic E-state index is 12.0. The van der Waals surface area contributed by atoms with E-state index in [4.69, 9.17) is 27.9 Å². The molecule has 0 aliphatic rings. The zero-order valence-corrected chi connectivity index (χ0v) is 17.0. The lowest BCUT2D eigenvalue weighted by atomic mass is 10.2. The molecule has 0 unspecified atom stereocenters. The number of aryl methyl sites for hydroxylation is 1. The van der Waals surface area contributed by atoms with Crippen molar-refractivity contribution in [2.24, 2.45) is 0 Å². The van der Waals surface area contributed by atoms with Crippen LogP contribution in [0.1, 0.15) is 15.9 Å². The third-order valence-corrected chi connectivity index (χ3v) is 4.73. The number of benzene rings is 2. The minimum atomic E-state index is -0.700. The van der Waals surface area contributed by atoms with E-state index in [0.717, 1.165) is 14.5 Å². The van der Waals surface area contributed by atoms with Crippen LogP contribution in [0.25, 0.3) is 0 Å². The van der Waals surface area contributed by atoms with Crippen LogP contribution in [0.5, 0.6) is 0 Å². The average molecular weight is 496 g/mol. The second-order valence-electron chi connectivity index (χ2n) is 4.85. The van der Waals surface area contributed by atoms with Crippen LogP contribution in [-0.4, -0.2) is 18.5 Å². The number of hydrogen-bond donors (Lipinski definition) is 1. The molecule has 0 atom stereocenters. The van der Waals surface area contributed by atoms with Gasteiger partial charge in [-0.25, -0.2) is 4.79 Å². The summed E-state index contributed by atoms with van der Waals surface area (Å²) in [5.74, 6) is -1.17. The molecule has 8 heteroatoms. The smallest absolute Gasteiger partial charge is 0.340 e. The Morgan fingerprint density at radius 3 is 2.33 bits per heavy atom. The molecule has 0 aliphatic heterocycles. The van der Waals surface area contributed by atoms with Gasteiger partial charge >= 0.3 is 5.97 Å². The number of halogens is 4. The molecule has 0 fully saturated rings. The summed E-state index contributed by atoms with van der Waals surface area (Å²) >= 11 is 18.5. The largest absolute Gasteiger partial charge is 0.452 e. The lowest BCUT2D eigenvalue weighted by Crippen LogP contribution is -2.21. The number of nitrogens with one attached hydrogen (secondary N) is 1. The number of carbonyl (C=O) groups is 2. The third kappa shape index (κ3) is 4.96. The highest BCUT2D eigenvalue weighted by Gasteiger charge is 2.15. The van der Waals surface area contributed by atoms with E-state index < -0.39 is 18.5 Å². The van der Waals surface area contributed by atoms with Crippen molar-refractivity contribution >= 4 is 72.6 Å². The van der Waals surface area contributed by atoms with Gasteiger partial charge in [0.1, 0.15) is 0 Å². The molecule has 2 aromatic carbocycles. The van der Waals surface area contributed by atoms with E-state index in [1.165, 1.54) is 18.2 Å². The Hall–Kier alpha value is -1.08. The first kappa shape index (κ1) is 19.2. The van der Waals surface area contributed by atoms with Crippen molar-refractivity contribution in [3.63, 3.8) is 0 Å². The van der Waals surface area contributed by atoms with E-state index in [-0.39, 0.29) is 10.6 Å². The van der Waals surface area contributed by atoms with E-state index in [1.807, 2.05) is 19.1 Å². The fourth-order valence-corrected chi connectivity index (χ4v) is 3.96. The van der Waals surface area contributed by atoms with E-state index in [1.54, 1.807) is 0 Å². The van der Waals surface area contributed by atoms with Gasteiger partial charge in [-0.2, -0.15) is 0 Å². The zero-order valence-electron chi connectivity index (χ0n) is 12.3. The summed E-state index contributed by atoms with van der Waals surface area (Å²) in [5, 5.41) is 3.24. The lowest BCUT2D eigenvalue weighted by Gasteiger charge is -2.11. The predicted molar refractivity (Wildman–Crippen MR) is 102 cm³/mol. The van der Waals surface area contributed by atoms with Crippen LogP contribution in [0.4, 0.5) is 5.69 Å². The van der Waals surface area contributed by atoms with E-state index in [9.17, 15) is 9.59 Å². The molecule has 1 amide bonds. The van der Waals surface area contributed by atoms with Gasteiger partial charge in [-0.15, -0.1) is 0 Å². The molecule has 4 nitrogen and oxygen atoms in total. The number of rotatable bonds is 4. The van der Waals surface area contributed by atoms with Crippen LogP contribution in [0.15, 0.2) is 39.3 Å². The fraction of sp³-hybridized carbons (Fsp3) is 0.125. The quantitative estimate of drug-likeness (QED) is 0.560. The molecule has 0 saturated heterocycles. The normalized spacial score (nSPS) is 10.4. The van der Waals surface area contributed by atoms with E-state index >= 15 is 0 Å². The van der Waals surface area contributed by atoms with Crippen molar-refractivity contribution in [1.82, 2.24) is 0 Å². The number of esters is 1. The molecule has 1 N–H and O–H groups in total. The summed E-state index contributed by atoms with van der Waals surface area (Å²) < 4.78 is 6.41. The molecule has 0 saturated carbocycles. The van der Waals surface area contributed by atoms with Gasteiger partial charge in [0.15, 0.2) is 6.61 Å². The molecule has 0 spiro atoms. The molecule has 0 radical (unpaired) electrons. The monoisotopic (exact) mass is 493 g/mol. The van der Waals surface area contributed by atoms with Crippen molar-refractivity contribution in [2.75, 3.05) is 11.9 Å². The molecular formula is C16H11Br2Cl2NO3. The first-order chi connectivity index (χ1) is 11.3. The Kier molecular flexibility index (Phi) is 6.69. The molecule has 24 heavy (non-hydrogen) atoms. The molecule has 0 heterocycles. The van der Waals surface area contributed by atoms with Crippen LogP contribution in [0, 0.1) is 6.92 Å². The van der Waals surface area contributed by atoms with Crippen LogP contribution >= 0.6 is 55.1 Å². The van der Waals surface area contributed by atoms with Gasteiger partial charge in [0.05, 0.1) is 16.3 Å². The van der Waals surface area contributed by atoms with E-state index in [2.05, 4.69) is 37.2 Å². The molecule has 2 rings (SSSR count). The van der Waals surface area contributed by atoms with Crippen molar-refractivity contribution in [1.29, 1.82) is 0 Å².